The van der Waals surface area contributed by atoms with E-state index in [-0.39, 0.29) is 53.2 Å². The first-order valence-corrected chi connectivity index (χ1v) is 14.4. The maximum Gasteiger partial charge on any atom is 0.303 e. The van der Waals surface area contributed by atoms with Crippen LogP contribution in [-0.4, -0.2) is 59.2 Å². The Morgan fingerprint density at radius 2 is 2.12 bits per heavy atom. The third-order valence-corrected chi connectivity index (χ3v) is 8.40. The molecule has 2 aromatic heterocycles. The molecule has 4 aromatic rings. The first-order chi connectivity index (χ1) is 20.2. The molecule has 0 spiro atoms. The predicted molar refractivity (Wildman–Crippen MR) is 156 cm³/mol. The number of thiazole rings is 1. The summed E-state index contributed by atoms with van der Waals surface area (Å²) in [5.41, 5.74) is 1.01. The number of carbonyl (C=O) groups excluding carboxylic acids is 2. The SMILES string of the molecule is CON(CC(=O)Cc1cc(Cl)c(NC(=O)c2coc3ccccc23)cc1F)C1CCCN1c1ncc(CCC(=O)O)s1. The van der Waals surface area contributed by atoms with Crippen LogP contribution in [0.4, 0.5) is 15.2 Å². The van der Waals surface area contributed by atoms with Gasteiger partial charge >= 0.3 is 5.97 Å². The second kappa shape index (κ2) is 13.0. The lowest BCUT2D eigenvalue weighted by Gasteiger charge is -2.32. The number of nitrogens with one attached hydrogen (secondary N) is 1. The van der Waals surface area contributed by atoms with Crippen molar-refractivity contribution in [1.82, 2.24) is 10.0 Å². The van der Waals surface area contributed by atoms with Gasteiger partial charge in [-0.05, 0) is 43.0 Å². The van der Waals surface area contributed by atoms with E-state index in [0.29, 0.717) is 23.9 Å². The predicted octanol–water partition coefficient (Wildman–Crippen LogP) is 5.55. The van der Waals surface area contributed by atoms with Crippen molar-refractivity contribution in [2.75, 3.05) is 30.4 Å². The number of halogens is 2. The summed E-state index contributed by atoms with van der Waals surface area (Å²) in [6.45, 7) is 0.606. The standard InChI is InChI=1S/C29H28ClFN4O6S/c1-40-35(26-7-4-10-34(26)29-32-14-19(42-29)8-9-27(37)38)15-18(36)11-17-12-22(30)24(13-23(17)31)33-28(39)21-16-41-25-6-3-2-5-20(21)25/h2-3,5-6,12-14,16,26H,4,7-11,15H2,1H3,(H,33,39)(H,37,38). The molecule has 1 unspecified atom stereocenters. The molecular formula is C29H28ClFN4O6S. The minimum absolute atomic E-state index is 0.0270. The summed E-state index contributed by atoms with van der Waals surface area (Å²) in [5, 5.41) is 14.6. The van der Waals surface area contributed by atoms with E-state index in [1.807, 2.05) is 4.90 Å². The molecular weight excluding hydrogens is 587 g/mol. The van der Waals surface area contributed by atoms with Gasteiger partial charge in [-0.2, -0.15) is 5.06 Å². The Kier molecular flexibility index (Phi) is 9.17. The van der Waals surface area contributed by atoms with Crippen LogP contribution in [0.25, 0.3) is 11.0 Å². The Morgan fingerprint density at radius 1 is 1.31 bits per heavy atom. The Morgan fingerprint density at radius 3 is 2.90 bits per heavy atom. The number of aryl methyl sites for hydroxylation is 1. The van der Waals surface area contributed by atoms with Crippen molar-refractivity contribution in [1.29, 1.82) is 0 Å². The van der Waals surface area contributed by atoms with E-state index in [1.54, 1.807) is 35.5 Å². The quantitative estimate of drug-likeness (QED) is 0.197. The number of carboxylic acids is 1. The number of hydroxylamine groups is 2. The third-order valence-electron chi connectivity index (χ3n) is 6.99. The largest absolute Gasteiger partial charge is 0.481 e. The molecule has 0 bridgehead atoms. The van der Waals surface area contributed by atoms with Gasteiger partial charge in [0.15, 0.2) is 10.9 Å². The van der Waals surface area contributed by atoms with Gasteiger partial charge < -0.3 is 19.7 Å². The first kappa shape index (κ1) is 29.6. The van der Waals surface area contributed by atoms with E-state index in [4.69, 9.17) is 26.0 Å². The number of hydrogen-bond acceptors (Lipinski definition) is 9. The molecule has 1 aliphatic heterocycles. The second-order valence-corrected chi connectivity index (χ2v) is 11.3. The lowest BCUT2D eigenvalue weighted by Crippen LogP contribution is -2.46. The zero-order chi connectivity index (χ0) is 29.8. The molecule has 2 N–H and O–H groups in total. The fourth-order valence-electron chi connectivity index (χ4n) is 4.94. The summed E-state index contributed by atoms with van der Waals surface area (Å²) < 4.78 is 20.5. The van der Waals surface area contributed by atoms with Crippen LogP contribution in [0.1, 0.15) is 40.1 Å². The molecule has 42 heavy (non-hydrogen) atoms. The van der Waals surface area contributed by atoms with Gasteiger partial charge in [-0.15, -0.1) is 11.3 Å². The molecule has 3 heterocycles. The van der Waals surface area contributed by atoms with Crippen LogP contribution in [0.5, 0.6) is 0 Å². The van der Waals surface area contributed by atoms with Gasteiger partial charge in [-0.25, -0.2) is 9.37 Å². The highest BCUT2D eigenvalue weighted by Gasteiger charge is 2.33. The average molecular weight is 615 g/mol. The van der Waals surface area contributed by atoms with E-state index in [1.165, 1.54) is 30.8 Å². The molecule has 5 rings (SSSR count). The molecule has 1 amide bonds. The number of aliphatic carboxylic acids is 1. The van der Waals surface area contributed by atoms with E-state index in [2.05, 4.69) is 10.3 Å². The van der Waals surface area contributed by atoms with Gasteiger partial charge in [0, 0.05) is 29.4 Å². The van der Waals surface area contributed by atoms with Gasteiger partial charge in [0.05, 0.1) is 36.3 Å². The molecule has 1 atom stereocenters. The maximum atomic E-state index is 15.1. The van der Waals surface area contributed by atoms with Gasteiger partial charge in [0.2, 0.25) is 0 Å². The number of hydrogen-bond donors (Lipinski definition) is 2. The monoisotopic (exact) mass is 614 g/mol. The molecule has 0 saturated carbocycles. The van der Waals surface area contributed by atoms with Crippen LogP contribution in [0.15, 0.2) is 53.3 Å². The molecule has 0 aliphatic carbocycles. The van der Waals surface area contributed by atoms with Crippen molar-refractivity contribution in [3.63, 3.8) is 0 Å². The molecule has 220 valence electrons. The molecule has 1 fully saturated rings. The summed E-state index contributed by atoms with van der Waals surface area (Å²) in [4.78, 5) is 49.7. The van der Waals surface area contributed by atoms with Crippen LogP contribution >= 0.6 is 22.9 Å². The Bertz CT molecular complexity index is 1620. The number of carboxylic acid groups (broad SMARTS) is 1. The molecule has 1 aliphatic rings. The van der Waals surface area contributed by atoms with Crippen LogP contribution in [0.2, 0.25) is 5.02 Å². The third kappa shape index (κ3) is 6.62. The van der Waals surface area contributed by atoms with Crippen molar-refractivity contribution in [2.24, 2.45) is 0 Å². The highest BCUT2D eigenvalue weighted by Crippen LogP contribution is 2.32. The molecule has 13 heteroatoms. The lowest BCUT2D eigenvalue weighted by atomic mass is 10.1. The lowest BCUT2D eigenvalue weighted by molar-refractivity contribution is -0.166. The smallest absolute Gasteiger partial charge is 0.303 e. The zero-order valence-electron chi connectivity index (χ0n) is 22.6. The van der Waals surface area contributed by atoms with Crippen LogP contribution in [0, 0.1) is 5.82 Å². The normalized spacial score (nSPS) is 15.0. The number of aromatic nitrogens is 1. The molecule has 10 nitrogen and oxygen atoms in total. The van der Waals surface area contributed by atoms with E-state index < -0.39 is 17.7 Å². The number of para-hydroxylation sites is 1. The van der Waals surface area contributed by atoms with E-state index >= 15 is 4.39 Å². The minimum atomic E-state index is -0.867. The topological polar surface area (TPSA) is 125 Å². The molecule has 1 saturated heterocycles. The number of furan rings is 1. The highest BCUT2D eigenvalue weighted by atomic mass is 35.5. The number of anilines is 2. The minimum Gasteiger partial charge on any atom is -0.481 e. The summed E-state index contributed by atoms with van der Waals surface area (Å²) in [6, 6.07) is 9.49. The van der Waals surface area contributed by atoms with Gasteiger partial charge in [0.25, 0.3) is 5.91 Å². The summed E-state index contributed by atoms with van der Waals surface area (Å²) in [7, 11) is 1.47. The van der Waals surface area contributed by atoms with E-state index in [9.17, 15) is 14.4 Å². The number of amides is 1. The molecule has 2 aromatic carbocycles. The number of benzene rings is 2. The fraction of sp³-hybridized carbons (Fsp3) is 0.310. The zero-order valence-corrected chi connectivity index (χ0v) is 24.2. The number of nitrogens with zero attached hydrogens (tertiary/aromatic N) is 3. The summed E-state index contributed by atoms with van der Waals surface area (Å²) in [5.74, 6) is -2.34. The van der Waals surface area contributed by atoms with Crippen molar-refractivity contribution in [3.05, 3.63) is 75.7 Å². The van der Waals surface area contributed by atoms with Gasteiger partial charge in [-0.3, -0.25) is 19.2 Å². The Balaban J connectivity index is 1.22. The van der Waals surface area contributed by atoms with Gasteiger partial charge in [-0.1, -0.05) is 29.8 Å². The van der Waals surface area contributed by atoms with Gasteiger partial charge in [0.1, 0.15) is 23.8 Å². The second-order valence-electron chi connectivity index (χ2n) is 9.82. The Hall–Kier alpha value is -3.84. The van der Waals surface area contributed by atoms with Crippen molar-refractivity contribution in [3.8, 4) is 0 Å². The van der Waals surface area contributed by atoms with Crippen LogP contribution in [-0.2, 0) is 27.3 Å². The fourth-order valence-corrected chi connectivity index (χ4v) is 6.16. The maximum absolute atomic E-state index is 15.1. The number of carbonyl (C=O) groups is 3. The number of ketones is 1. The Labute approximate surface area is 249 Å². The van der Waals surface area contributed by atoms with Crippen molar-refractivity contribution in [2.45, 2.75) is 38.3 Å². The molecule has 0 radical (unpaired) electrons. The summed E-state index contributed by atoms with van der Waals surface area (Å²) in [6.07, 6.45) is 4.53. The van der Waals surface area contributed by atoms with Crippen LogP contribution < -0.4 is 10.2 Å². The number of rotatable bonds is 12. The van der Waals surface area contributed by atoms with Crippen LogP contribution in [0.3, 0.4) is 0 Å². The van der Waals surface area contributed by atoms with Crippen molar-refractivity contribution < 1.29 is 33.1 Å². The highest BCUT2D eigenvalue weighted by molar-refractivity contribution is 7.15. The van der Waals surface area contributed by atoms with E-state index in [0.717, 1.165) is 28.9 Å². The summed E-state index contributed by atoms with van der Waals surface area (Å²) >= 11 is 7.80. The number of Topliss-reactive ketones (excluding diaryl/α,β-unsaturated/α-hetero) is 1. The number of fused-ring (bicyclic) bond motifs is 1. The average Bonchev–Trinajstić information content (AvgIpc) is 3.72. The first-order valence-electron chi connectivity index (χ1n) is 13.2. The van der Waals surface area contributed by atoms with Crippen molar-refractivity contribution >= 4 is 62.4 Å².